The van der Waals surface area contributed by atoms with Crippen molar-refractivity contribution in [3.05, 3.63) is 249 Å². The van der Waals surface area contributed by atoms with E-state index in [1.807, 2.05) is 6.07 Å². The molecule has 11 aromatic rings. The van der Waals surface area contributed by atoms with E-state index in [4.69, 9.17) is 4.42 Å². The monoisotopic (exact) mass is 791 g/mol. The molecule has 0 saturated heterocycles. The second-order valence-corrected chi connectivity index (χ2v) is 15.6. The summed E-state index contributed by atoms with van der Waals surface area (Å²) in [4.78, 5) is 2.42. The Balaban J connectivity index is 1.19. The standard InChI is InChI=1S/C60H41NO/c1-6-19-42(20-7-1)50-36-33-47(39-56(50)45-25-12-4-13-26-45)61(48-34-37-51(43-21-8-2-9-22-43)57(40-48)46-27-14-5-15-28-46)49-35-38-52(44-23-10-3-11-24-44)58(41-49)55-31-18-30-54-53-29-16-17-32-59(53)62-60(54)55/h1-41H. The second-order valence-electron chi connectivity index (χ2n) is 15.6. The summed E-state index contributed by atoms with van der Waals surface area (Å²) < 4.78 is 6.72. The summed E-state index contributed by atoms with van der Waals surface area (Å²) in [5.41, 5.74) is 18.7. The van der Waals surface area contributed by atoms with Crippen molar-refractivity contribution in [3.8, 4) is 66.8 Å². The fraction of sp³-hybridized carbons (Fsp3) is 0. The van der Waals surface area contributed by atoms with Crippen molar-refractivity contribution in [2.24, 2.45) is 0 Å². The number of benzene rings is 10. The number of anilines is 3. The molecule has 0 aliphatic carbocycles. The Hall–Kier alpha value is -8.20. The number of nitrogens with zero attached hydrogens (tertiary/aromatic N) is 1. The largest absolute Gasteiger partial charge is 0.455 e. The summed E-state index contributed by atoms with van der Waals surface area (Å²) in [5, 5.41) is 2.22. The molecular formula is C60H41NO. The Morgan fingerprint density at radius 3 is 1.05 bits per heavy atom. The summed E-state index contributed by atoms with van der Waals surface area (Å²) in [5.74, 6) is 0. The van der Waals surface area contributed by atoms with Gasteiger partial charge < -0.3 is 9.32 Å². The van der Waals surface area contributed by atoms with Gasteiger partial charge in [0, 0.05) is 33.4 Å². The fourth-order valence-corrected chi connectivity index (χ4v) is 8.96. The topological polar surface area (TPSA) is 16.4 Å². The molecule has 0 N–H and O–H groups in total. The SMILES string of the molecule is c1ccc(-c2ccc(N(c3ccc(-c4ccccc4)c(-c4ccccc4)c3)c3ccc(-c4ccccc4)c(-c4cccc5c4oc4ccccc45)c3)cc2-c2ccccc2)cc1. The molecular weight excluding hydrogens is 751 g/mol. The second kappa shape index (κ2) is 16.1. The highest BCUT2D eigenvalue weighted by atomic mass is 16.3. The van der Waals surface area contributed by atoms with Gasteiger partial charge in [-0.15, -0.1) is 0 Å². The number of hydrogen-bond donors (Lipinski definition) is 0. The minimum absolute atomic E-state index is 0.881. The lowest BCUT2D eigenvalue weighted by molar-refractivity contribution is 0.670. The van der Waals surface area contributed by atoms with Crippen LogP contribution in [-0.4, -0.2) is 0 Å². The first-order chi connectivity index (χ1) is 30.8. The van der Waals surface area contributed by atoms with Crippen LogP contribution >= 0.6 is 0 Å². The van der Waals surface area contributed by atoms with Crippen LogP contribution in [0.4, 0.5) is 17.1 Å². The lowest BCUT2D eigenvalue weighted by atomic mass is 9.91. The van der Waals surface area contributed by atoms with Crippen LogP contribution in [0.2, 0.25) is 0 Å². The quantitative estimate of drug-likeness (QED) is 0.145. The van der Waals surface area contributed by atoms with Crippen molar-refractivity contribution in [2.45, 2.75) is 0 Å². The molecule has 62 heavy (non-hydrogen) atoms. The van der Waals surface area contributed by atoms with E-state index in [1.54, 1.807) is 0 Å². The maximum atomic E-state index is 6.72. The Bertz CT molecular complexity index is 3190. The van der Waals surface area contributed by atoms with E-state index < -0.39 is 0 Å². The van der Waals surface area contributed by atoms with Crippen molar-refractivity contribution < 1.29 is 4.42 Å². The molecule has 0 spiro atoms. The summed E-state index contributed by atoms with van der Waals surface area (Å²) in [6.45, 7) is 0. The van der Waals surface area contributed by atoms with E-state index in [0.717, 1.165) is 83.5 Å². The third-order valence-corrected chi connectivity index (χ3v) is 11.9. The van der Waals surface area contributed by atoms with E-state index in [1.165, 1.54) is 22.3 Å². The minimum Gasteiger partial charge on any atom is -0.455 e. The zero-order valence-corrected chi connectivity index (χ0v) is 34.0. The summed E-state index contributed by atoms with van der Waals surface area (Å²) in [6, 6.07) is 89.1. The van der Waals surface area contributed by atoms with Gasteiger partial charge >= 0.3 is 0 Å². The average Bonchev–Trinajstić information content (AvgIpc) is 3.74. The van der Waals surface area contributed by atoms with E-state index in [9.17, 15) is 0 Å². The first-order valence-corrected chi connectivity index (χ1v) is 21.2. The molecule has 2 nitrogen and oxygen atoms in total. The molecule has 0 aliphatic heterocycles. The molecule has 0 bridgehead atoms. The van der Waals surface area contributed by atoms with Gasteiger partial charge in [0.05, 0.1) is 0 Å². The zero-order valence-electron chi connectivity index (χ0n) is 34.0. The summed E-state index contributed by atoms with van der Waals surface area (Å²) >= 11 is 0. The fourth-order valence-electron chi connectivity index (χ4n) is 8.96. The molecule has 0 unspecified atom stereocenters. The Labute approximate surface area is 362 Å². The minimum atomic E-state index is 0.881. The van der Waals surface area contributed by atoms with Crippen LogP contribution in [-0.2, 0) is 0 Å². The van der Waals surface area contributed by atoms with E-state index in [0.29, 0.717) is 0 Å². The van der Waals surface area contributed by atoms with Gasteiger partial charge in [-0.05, 0) is 104 Å². The maximum Gasteiger partial charge on any atom is 0.143 e. The van der Waals surface area contributed by atoms with Crippen LogP contribution in [0.3, 0.4) is 0 Å². The number of hydrogen-bond acceptors (Lipinski definition) is 2. The smallest absolute Gasteiger partial charge is 0.143 e. The molecule has 11 rings (SSSR count). The van der Waals surface area contributed by atoms with Crippen LogP contribution in [0.1, 0.15) is 0 Å². The Morgan fingerprint density at radius 1 is 0.242 bits per heavy atom. The van der Waals surface area contributed by atoms with Crippen molar-refractivity contribution >= 4 is 39.0 Å². The number of rotatable bonds is 9. The molecule has 10 aromatic carbocycles. The van der Waals surface area contributed by atoms with Crippen LogP contribution in [0.15, 0.2) is 253 Å². The van der Waals surface area contributed by atoms with Gasteiger partial charge in [0.15, 0.2) is 0 Å². The molecule has 0 fully saturated rings. The predicted molar refractivity (Wildman–Crippen MR) is 261 cm³/mol. The molecule has 2 heteroatoms. The maximum absolute atomic E-state index is 6.72. The first kappa shape index (κ1) is 36.8. The molecule has 0 amide bonds. The normalized spacial score (nSPS) is 11.2. The third kappa shape index (κ3) is 6.84. The van der Waals surface area contributed by atoms with Crippen LogP contribution in [0, 0.1) is 0 Å². The van der Waals surface area contributed by atoms with Gasteiger partial charge in [0.2, 0.25) is 0 Å². The molecule has 0 aliphatic rings. The number of furan rings is 1. The van der Waals surface area contributed by atoms with Gasteiger partial charge in [-0.2, -0.15) is 0 Å². The number of fused-ring (bicyclic) bond motifs is 3. The Kier molecular flexibility index (Phi) is 9.57. The van der Waals surface area contributed by atoms with Crippen LogP contribution < -0.4 is 4.90 Å². The molecule has 1 heterocycles. The third-order valence-electron chi connectivity index (χ3n) is 11.9. The van der Waals surface area contributed by atoms with Gasteiger partial charge in [-0.25, -0.2) is 0 Å². The van der Waals surface area contributed by atoms with E-state index in [-0.39, 0.29) is 0 Å². The Morgan fingerprint density at radius 2 is 0.597 bits per heavy atom. The highest BCUT2D eigenvalue weighted by Crippen LogP contribution is 2.47. The molecule has 0 atom stereocenters. The van der Waals surface area contributed by atoms with Gasteiger partial charge in [0.1, 0.15) is 11.2 Å². The van der Waals surface area contributed by atoms with Crippen molar-refractivity contribution in [1.29, 1.82) is 0 Å². The van der Waals surface area contributed by atoms with Gasteiger partial charge in [-0.3, -0.25) is 0 Å². The van der Waals surface area contributed by atoms with Crippen molar-refractivity contribution in [3.63, 3.8) is 0 Å². The molecule has 0 saturated carbocycles. The van der Waals surface area contributed by atoms with E-state index >= 15 is 0 Å². The molecule has 292 valence electrons. The van der Waals surface area contributed by atoms with Crippen molar-refractivity contribution in [1.82, 2.24) is 0 Å². The van der Waals surface area contributed by atoms with E-state index in [2.05, 4.69) is 248 Å². The summed E-state index contributed by atoms with van der Waals surface area (Å²) in [7, 11) is 0. The first-order valence-electron chi connectivity index (χ1n) is 21.2. The van der Waals surface area contributed by atoms with Crippen LogP contribution in [0.5, 0.6) is 0 Å². The number of para-hydroxylation sites is 2. The van der Waals surface area contributed by atoms with Crippen LogP contribution in [0.25, 0.3) is 88.7 Å². The van der Waals surface area contributed by atoms with Crippen molar-refractivity contribution in [2.75, 3.05) is 4.90 Å². The highest BCUT2D eigenvalue weighted by molar-refractivity contribution is 6.11. The lowest BCUT2D eigenvalue weighted by Crippen LogP contribution is -2.11. The predicted octanol–water partition coefficient (Wildman–Crippen LogP) is 17.1. The zero-order chi connectivity index (χ0) is 41.2. The molecule has 1 aromatic heterocycles. The van der Waals surface area contributed by atoms with Gasteiger partial charge in [0.25, 0.3) is 0 Å². The summed E-state index contributed by atoms with van der Waals surface area (Å²) in [6.07, 6.45) is 0. The lowest BCUT2D eigenvalue weighted by Gasteiger charge is -2.29. The molecule has 0 radical (unpaired) electrons. The van der Waals surface area contributed by atoms with Gasteiger partial charge in [-0.1, -0.05) is 206 Å². The average molecular weight is 792 g/mol. The highest BCUT2D eigenvalue weighted by Gasteiger charge is 2.22.